The molecule has 1 aliphatic carbocycles. The van der Waals surface area contributed by atoms with Gasteiger partial charge < -0.3 is 14.8 Å². The van der Waals surface area contributed by atoms with Crippen molar-refractivity contribution < 1.29 is 14.3 Å². The molecule has 88 valence electrons. The first-order valence-electron chi connectivity index (χ1n) is 5.70. The highest BCUT2D eigenvalue weighted by Gasteiger charge is 2.20. The molecule has 1 aliphatic rings. The Morgan fingerprint density at radius 1 is 1.62 bits per heavy atom. The van der Waals surface area contributed by atoms with Gasteiger partial charge in [0.15, 0.2) is 0 Å². The van der Waals surface area contributed by atoms with Crippen LogP contribution in [0.2, 0.25) is 0 Å². The number of hydrogen-bond acceptors (Lipinski definition) is 3. The summed E-state index contributed by atoms with van der Waals surface area (Å²) >= 11 is 0. The van der Waals surface area contributed by atoms with Crippen LogP contribution in [0.4, 0.5) is 0 Å². The first kappa shape index (κ1) is 11.2. The van der Waals surface area contributed by atoms with Crippen LogP contribution in [0.5, 0.6) is 0 Å². The van der Waals surface area contributed by atoms with Crippen molar-refractivity contribution >= 4 is 5.97 Å². The van der Waals surface area contributed by atoms with Gasteiger partial charge in [-0.15, -0.1) is 0 Å². The molecule has 1 aromatic rings. The molecule has 0 bridgehead atoms. The van der Waals surface area contributed by atoms with E-state index in [2.05, 4.69) is 5.32 Å². The minimum Gasteiger partial charge on any atom is -0.475 e. The van der Waals surface area contributed by atoms with Gasteiger partial charge in [-0.3, -0.25) is 0 Å². The second kappa shape index (κ2) is 4.70. The van der Waals surface area contributed by atoms with E-state index in [9.17, 15) is 4.79 Å². The number of carboxylic acid groups (broad SMARTS) is 1. The Labute approximate surface area is 94.6 Å². The second-order valence-electron chi connectivity index (χ2n) is 4.41. The molecule has 2 rings (SSSR count). The standard InChI is InChI=1S/C12H17NO3/c1-8-10(6-11(16-8)12(14)15)7-13-5-4-9-2-3-9/h6,9,13H,2-5,7H2,1H3,(H,14,15). The van der Waals surface area contributed by atoms with Gasteiger partial charge in [-0.25, -0.2) is 4.79 Å². The lowest BCUT2D eigenvalue weighted by molar-refractivity contribution is 0.0661. The lowest BCUT2D eigenvalue weighted by Gasteiger charge is -2.02. The molecule has 1 heterocycles. The van der Waals surface area contributed by atoms with Gasteiger partial charge in [0.25, 0.3) is 0 Å². The van der Waals surface area contributed by atoms with Gasteiger partial charge in [-0.05, 0) is 31.9 Å². The summed E-state index contributed by atoms with van der Waals surface area (Å²) in [5, 5.41) is 12.1. The summed E-state index contributed by atoms with van der Waals surface area (Å²) in [7, 11) is 0. The van der Waals surface area contributed by atoms with Crippen molar-refractivity contribution in [2.24, 2.45) is 5.92 Å². The summed E-state index contributed by atoms with van der Waals surface area (Å²) < 4.78 is 5.13. The summed E-state index contributed by atoms with van der Waals surface area (Å²) in [6.45, 7) is 3.48. The molecule has 1 fully saturated rings. The predicted octanol–water partition coefficient (Wildman–Crippen LogP) is 2.18. The van der Waals surface area contributed by atoms with Gasteiger partial charge in [-0.2, -0.15) is 0 Å². The summed E-state index contributed by atoms with van der Waals surface area (Å²) in [4.78, 5) is 10.7. The van der Waals surface area contributed by atoms with E-state index in [1.54, 1.807) is 13.0 Å². The highest BCUT2D eigenvalue weighted by Crippen LogP contribution is 2.31. The Bertz CT molecular complexity index is 380. The van der Waals surface area contributed by atoms with Gasteiger partial charge in [-0.1, -0.05) is 12.8 Å². The number of nitrogens with one attached hydrogen (secondary N) is 1. The third kappa shape index (κ3) is 2.85. The predicted molar refractivity (Wildman–Crippen MR) is 59.5 cm³/mol. The fourth-order valence-electron chi connectivity index (χ4n) is 1.74. The van der Waals surface area contributed by atoms with Crippen molar-refractivity contribution in [3.05, 3.63) is 23.2 Å². The Kier molecular flexibility index (Phi) is 3.29. The molecule has 1 saturated carbocycles. The zero-order valence-electron chi connectivity index (χ0n) is 9.45. The van der Waals surface area contributed by atoms with E-state index in [0.717, 1.165) is 18.0 Å². The van der Waals surface area contributed by atoms with Crippen molar-refractivity contribution in [1.82, 2.24) is 5.32 Å². The smallest absolute Gasteiger partial charge is 0.371 e. The molecular weight excluding hydrogens is 206 g/mol. The third-order valence-corrected chi connectivity index (χ3v) is 2.97. The molecule has 0 atom stereocenters. The van der Waals surface area contributed by atoms with E-state index >= 15 is 0 Å². The number of aromatic carboxylic acids is 1. The van der Waals surface area contributed by atoms with Crippen molar-refractivity contribution in [3.63, 3.8) is 0 Å². The van der Waals surface area contributed by atoms with E-state index in [-0.39, 0.29) is 5.76 Å². The number of hydrogen-bond donors (Lipinski definition) is 2. The summed E-state index contributed by atoms with van der Waals surface area (Å²) in [6.07, 6.45) is 3.97. The Hall–Kier alpha value is -1.29. The first-order valence-corrected chi connectivity index (χ1v) is 5.70. The maximum atomic E-state index is 10.7. The zero-order valence-corrected chi connectivity index (χ0v) is 9.45. The molecule has 1 aromatic heterocycles. The van der Waals surface area contributed by atoms with Crippen molar-refractivity contribution in [3.8, 4) is 0 Å². The molecule has 0 amide bonds. The summed E-state index contributed by atoms with van der Waals surface area (Å²) in [5.74, 6) is 0.632. The minimum atomic E-state index is -1.01. The van der Waals surface area contributed by atoms with Crippen LogP contribution in [0.25, 0.3) is 0 Å². The van der Waals surface area contributed by atoms with Gasteiger partial charge in [0, 0.05) is 12.1 Å². The van der Waals surface area contributed by atoms with Crippen molar-refractivity contribution in [2.75, 3.05) is 6.54 Å². The van der Waals surface area contributed by atoms with Crippen molar-refractivity contribution in [2.45, 2.75) is 32.7 Å². The highest BCUT2D eigenvalue weighted by atomic mass is 16.4. The molecular formula is C12H17NO3. The highest BCUT2D eigenvalue weighted by molar-refractivity contribution is 5.84. The SMILES string of the molecule is Cc1oc(C(=O)O)cc1CNCCC1CC1. The van der Waals surface area contributed by atoms with Gasteiger partial charge in [0.1, 0.15) is 5.76 Å². The topological polar surface area (TPSA) is 62.5 Å². The number of furan rings is 1. The molecule has 0 saturated heterocycles. The van der Waals surface area contributed by atoms with E-state index < -0.39 is 5.97 Å². The zero-order chi connectivity index (χ0) is 11.5. The van der Waals surface area contributed by atoms with Gasteiger partial charge in [0.2, 0.25) is 5.76 Å². The molecule has 0 spiro atoms. The van der Waals surface area contributed by atoms with Crippen LogP contribution in [-0.4, -0.2) is 17.6 Å². The van der Waals surface area contributed by atoms with E-state index in [0.29, 0.717) is 12.3 Å². The van der Waals surface area contributed by atoms with Crippen LogP contribution in [0.3, 0.4) is 0 Å². The molecule has 0 unspecified atom stereocenters. The van der Waals surface area contributed by atoms with Crippen LogP contribution >= 0.6 is 0 Å². The van der Waals surface area contributed by atoms with E-state index in [4.69, 9.17) is 9.52 Å². The quantitative estimate of drug-likeness (QED) is 0.725. The number of rotatable bonds is 6. The molecule has 4 nitrogen and oxygen atoms in total. The molecule has 4 heteroatoms. The largest absolute Gasteiger partial charge is 0.475 e. The monoisotopic (exact) mass is 223 g/mol. The fourth-order valence-corrected chi connectivity index (χ4v) is 1.74. The van der Waals surface area contributed by atoms with Gasteiger partial charge in [0.05, 0.1) is 0 Å². The summed E-state index contributed by atoms with van der Waals surface area (Å²) in [6, 6.07) is 1.60. The van der Waals surface area contributed by atoms with Crippen LogP contribution < -0.4 is 5.32 Å². The van der Waals surface area contributed by atoms with Crippen LogP contribution in [0.15, 0.2) is 10.5 Å². The number of aryl methyl sites for hydroxylation is 1. The fraction of sp³-hybridized carbons (Fsp3) is 0.583. The molecule has 2 N–H and O–H groups in total. The third-order valence-electron chi connectivity index (χ3n) is 2.97. The Balaban J connectivity index is 1.80. The summed E-state index contributed by atoms with van der Waals surface area (Å²) in [5.41, 5.74) is 0.938. The second-order valence-corrected chi connectivity index (χ2v) is 4.41. The maximum absolute atomic E-state index is 10.7. The average Bonchev–Trinajstić information content (AvgIpc) is 2.98. The molecule has 0 aliphatic heterocycles. The lowest BCUT2D eigenvalue weighted by Crippen LogP contribution is -2.15. The van der Waals surface area contributed by atoms with Crippen LogP contribution in [0.1, 0.15) is 41.1 Å². The van der Waals surface area contributed by atoms with E-state index in [1.807, 2.05) is 0 Å². The number of carboxylic acids is 1. The van der Waals surface area contributed by atoms with Gasteiger partial charge >= 0.3 is 5.97 Å². The minimum absolute atomic E-state index is 0.0245. The van der Waals surface area contributed by atoms with Crippen molar-refractivity contribution in [1.29, 1.82) is 0 Å². The number of carbonyl (C=O) groups is 1. The maximum Gasteiger partial charge on any atom is 0.371 e. The first-order chi connectivity index (χ1) is 7.66. The molecule has 0 aromatic carbocycles. The molecule has 16 heavy (non-hydrogen) atoms. The van der Waals surface area contributed by atoms with E-state index in [1.165, 1.54) is 19.3 Å². The Morgan fingerprint density at radius 3 is 2.94 bits per heavy atom. The molecule has 0 radical (unpaired) electrons. The Morgan fingerprint density at radius 2 is 2.38 bits per heavy atom. The normalized spacial score (nSPS) is 15.3. The lowest BCUT2D eigenvalue weighted by atomic mass is 10.2. The average molecular weight is 223 g/mol. The van der Waals surface area contributed by atoms with Crippen LogP contribution in [-0.2, 0) is 6.54 Å². The van der Waals surface area contributed by atoms with Crippen LogP contribution in [0, 0.1) is 12.8 Å².